The van der Waals surface area contributed by atoms with Gasteiger partial charge < -0.3 is 4.90 Å². The number of hydrogen-bond acceptors (Lipinski definition) is 3. The van der Waals surface area contributed by atoms with E-state index in [-0.39, 0.29) is 11.9 Å². The van der Waals surface area contributed by atoms with E-state index in [1.165, 1.54) is 11.9 Å². The first kappa shape index (κ1) is 18.4. The monoisotopic (exact) mass is 374 g/mol. The van der Waals surface area contributed by atoms with Crippen LogP contribution in [-0.4, -0.2) is 38.2 Å². The highest BCUT2D eigenvalue weighted by molar-refractivity contribution is 5.94. The average Bonchev–Trinajstić information content (AvgIpc) is 3.42. The SMILES string of the molecule is CC[C@H](c1ccccc1)[C@@H]1CCCN1C(=O)c1ccc(Cn2cncn2)cc1. The lowest BCUT2D eigenvalue weighted by Gasteiger charge is -2.32. The van der Waals surface area contributed by atoms with Crippen molar-refractivity contribution in [2.24, 2.45) is 0 Å². The zero-order valence-corrected chi connectivity index (χ0v) is 16.2. The van der Waals surface area contributed by atoms with Gasteiger partial charge in [-0.3, -0.25) is 4.79 Å². The highest BCUT2D eigenvalue weighted by Crippen LogP contribution is 2.34. The summed E-state index contributed by atoms with van der Waals surface area (Å²) in [7, 11) is 0. The van der Waals surface area contributed by atoms with Crippen LogP contribution in [0, 0.1) is 0 Å². The predicted molar refractivity (Wildman–Crippen MR) is 109 cm³/mol. The standard InChI is InChI=1S/C23H26N4O/c1-2-21(19-7-4-3-5-8-19)22-9-6-14-27(22)23(28)20-12-10-18(11-13-20)15-26-17-24-16-25-26/h3-5,7-8,10-13,16-17,21-22H,2,6,9,14-15H2,1H3/t21-,22+/m1/s1. The van der Waals surface area contributed by atoms with E-state index in [9.17, 15) is 4.79 Å². The Morgan fingerprint density at radius 2 is 1.93 bits per heavy atom. The number of rotatable bonds is 6. The third-order valence-corrected chi connectivity index (χ3v) is 5.70. The van der Waals surface area contributed by atoms with Crippen LogP contribution in [-0.2, 0) is 6.54 Å². The van der Waals surface area contributed by atoms with Gasteiger partial charge in [-0.25, -0.2) is 9.67 Å². The van der Waals surface area contributed by atoms with Crippen LogP contribution in [0.15, 0.2) is 67.3 Å². The predicted octanol–water partition coefficient (Wildman–Crippen LogP) is 4.12. The van der Waals surface area contributed by atoms with Crippen molar-refractivity contribution in [2.45, 2.75) is 44.7 Å². The average molecular weight is 374 g/mol. The van der Waals surface area contributed by atoms with Crippen molar-refractivity contribution in [1.29, 1.82) is 0 Å². The van der Waals surface area contributed by atoms with Crippen LogP contribution in [0.3, 0.4) is 0 Å². The summed E-state index contributed by atoms with van der Waals surface area (Å²) in [6.07, 6.45) is 6.41. The van der Waals surface area contributed by atoms with Crippen molar-refractivity contribution in [2.75, 3.05) is 6.54 Å². The first-order valence-corrected chi connectivity index (χ1v) is 10.0. The summed E-state index contributed by atoms with van der Waals surface area (Å²) in [6, 6.07) is 18.8. The molecular weight excluding hydrogens is 348 g/mol. The molecule has 0 radical (unpaired) electrons. The second-order valence-electron chi connectivity index (χ2n) is 7.42. The summed E-state index contributed by atoms with van der Waals surface area (Å²) < 4.78 is 1.78. The highest BCUT2D eigenvalue weighted by atomic mass is 16.2. The first-order chi connectivity index (χ1) is 13.8. The normalized spacial score (nSPS) is 17.6. The van der Waals surface area contributed by atoms with Crippen LogP contribution in [0.2, 0.25) is 0 Å². The molecule has 3 aromatic rings. The summed E-state index contributed by atoms with van der Waals surface area (Å²) in [5.41, 5.74) is 3.20. The molecule has 1 fully saturated rings. The van der Waals surface area contributed by atoms with Crippen molar-refractivity contribution >= 4 is 5.91 Å². The lowest BCUT2D eigenvalue weighted by atomic mass is 9.87. The summed E-state index contributed by atoms with van der Waals surface area (Å²) in [5.74, 6) is 0.531. The van der Waals surface area contributed by atoms with E-state index < -0.39 is 0 Å². The maximum absolute atomic E-state index is 13.2. The topological polar surface area (TPSA) is 51.0 Å². The Balaban J connectivity index is 1.50. The fourth-order valence-corrected chi connectivity index (χ4v) is 4.31. The maximum Gasteiger partial charge on any atom is 0.254 e. The second-order valence-corrected chi connectivity index (χ2v) is 7.42. The van der Waals surface area contributed by atoms with Gasteiger partial charge in [0, 0.05) is 24.1 Å². The smallest absolute Gasteiger partial charge is 0.254 e. The number of carbonyl (C=O) groups excluding carboxylic acids is 1. The van der Waals surface area contributed by atoms with Crippen LogP contribution >= 0.6 is 0 Å². The molecule has 5 heteroatoms. The molecule has 1 aliphatic rings. The van der Waals surface area contributed by atoms with Crippen LogP contribution < -0.4 is 0 Å². The minimum absolute atomic E-state index is 0.143. The number of carbonyl (C=O) groups is 1. The number of aromatic nitrogens is 3. The highest BCUT2D eigenvalue weighted by Gasteiger charge is 2.34. The van der Waals surface area contributed by atoms with E-state index in [4.69, 9.17) is 0 Å². The van der Waals surface area contributed by atoms with Crippen LogP contribution in [0.1, 0.15) is 53.6 Å². The molecule has 144 valence electrons. The summed E-state index contributed by atoms with van der Waals surface area (Å²) >= 11 is 0. The Labute approximate surface area is 166 Å². The van der Waals surface area contributed by atoms with E-state index in [1.54, 1.807) is 11.0 Å². The molecule has 28 heavy (non-hydrogen) atoms. The first-order valence-electron chi connectivity index (χ1n) is 10.0. The van der Waals surface area contributed by atoms with E-state index in [0.717, 1.165) is 36.9 Å². The molecule has 1 amide bonds. The van der Waals surface area contributed by atoms with Gasteiger partial charge in [-0.2, -0.15) is 5.10 Å². The van der Waals surface area contributed by atoms with Crippen LogP contribution in [0.4, 0.5) is 0 Å². The molecule has 2 aromatic carbocycles. The largest absolute Gasteiger partial charge is 0.335 e. The summed E-state index contributed by atoms with van der Waals surface area (Å²) in [4.78, 5) is 19.3. The van der Waals surface area contributed by atoms with Crippen molar-refractivity contribution < 1.29 is 4.79 Å². The van der Waals surface area contributed by atoms with Crippen molar-refractivity contribution in [3.63, 3.8) is 0 Å². The molecule has 0 spiro atoms. The molecule has 4 rings (SSSR count). The molecule has 2 atom stereocenters. The number of likely N-dealkylation sites (tertiary alicyclic amines) is 1. The van der Waals surface area contributed by atoms with Crippen LogP contribution in [0.25, 0.3) is 0 Å². The molecule has 0 N–H and O–H groups in total. The molecule has 0 saturated carbocycles. The Morgan fingerprint density at radius 3 is 2.61 bits per heavy atom. The van der Waals surface area contributed by atoms with Crippen molar-refractivity contribution in [3.05, 3.63) is 83.9 Å². The van der Waals surface area contributed by atoms with E-state index in [2.05, 4.69) is 52.2 Å². The second kappa shape index (κ2) is 8.38. The fraction of sp³-hybridized carbons (Fsp3) is 0.348. The van der Waals surface area contributed by atoms with Crippen molar-refractivity contribution in [3.8, 4) is 0 Å². The van der Waals surface area contributed by atoms with Gasteiger partial charge in [0.25, 0.3) is 5.91 Å². The molecular formula is C23H26N4O. The van der Waals surface area contributed by atoms with E-state index in [1.807, 2.05) is 24.3 Å². The Hall–Kier alpha value is -2.95. The summed E-state index contributed by atoms with van der Waals surface area (Å²) in [6.45, 7) is 3.72. The molecule has 5 nitrogen and oxygen atoms in total. The quantitative estimate of drug-likeness (QED) is 0.652. The molecule has 1 aromatic heterocycles. The Kier molecular flexibility index (Phi) is 5.51. The Bertz CT molecular complexity index is 890. The van der Waals surface area contributed by atoms with Gasteiger partial charge in [0.15, 0.2) is 0 Å². The van der Waals surface area contributed by atoms with E-state index in [0.29, 0.717) is 12.5 Å². The van der Waals surface area contributed by atoms with Gasteiger partial charge in [-0.05, 0) is 42.5 Å². The minimum Gasteiger partial charge on any atom is -0.335 e. The van der Waals surface area contributed by atoms with E-state index >= 15 is 0 Å². The number of nitrogens with zero attached hydrogens (tertiary/aromatic N) is 4. The molecule has 0 aliphatic carbocycles. The van der Waals surface area contributed by atoms with Gasteiger partial charge in [0.1, 0.15) is 12.7 Å². The molecule has 0 bridgehead atoms. The van der Waals surface area contributed by atoms with Gasteiger partial charge in [-0.15, -0.1) is 0 Å². The third kappa shape index (κ3) is 3.84. The van der Waals surface area contributed by atoms with Crippen molar-refractivity contribution in [1.82, 2.24) is 19.7 Å². The van der Waals surface area contributed by atoms with Gasteiger partial charge in [-0.1, -0.05) is 49.4 Å². The molecule has 1 aliphatic heterocycles. The lowest BCUT2D eigenvalue weighted by molar-refractivity contribution is 0.0714. The number of hydrogen-bond donors (Lipinski definition) is 0. The Morgan fingerprint density at radius 1 is 1.14 bits per heavy atom. The zero-order chi connectivity index (χ0) is 19.3. The van der Waals surface area contributed by atoms with Crippen LogP contribution in [0.5, 0.6) is 0 Å². The minimum atomic E-state index is 0.143. The van der Waals surface area contributed by atoms with Gasteiger partial charge >= 0.3 is 0 Å². The zero-order valence-electron chi connectivity index (χ0n) is 16.2. The molecule has 2 heterocycles. The lowest BCUT2D eigenvalue weighted by Crippen LogP contribution is -2.39. The molecule has 0 unspecified atom stereocenters. The number of benzene rings is 2. The van der Waals surface area contributed by atoms with Gasteiger partial charge in [0.2, 0.25) is 0 Å². The molecule has 1 saturated heterocycles. The van der Waals surface area contributed by atoms with Gasteiger partial charge in [0.05, 0.1) is 6.54 Å². The third-order valence-electron chi connectivity index (χ3n) is 5.70. The fourth-order valence-electron chi connectivity index (χ4n) is 4.31. The number of amides is 1. The summed E-state index contributed by atoms with van der Waals surface area (Å²) in [5, 5.41) is 4.13. The maximum atomic E-state index is 13.2.